The Balaban J connectivity index is 1.61. The first kappa shape index (κ1) is 14.7. The molecule has 5 atom stereocenters. The first-order chi connectivity index (χ1) is 10.6. The molecular formula is C20H28O2. The van der Waals surface area contributed by atoms with Gasteiger partial charge in [0.25, 0.3) is 0 Å². The van der Waals surface area contributed by atoms with E-state index in [1.165, 1.54) is 44.1 Å². The average Bonchev–Trinajstić information content (AvgIpc) is 2.89. The Kier molecular flexibility index (Phi) is 3.54. The van der Waals surface area contributed by atoms with E-state index in [1.807, 2.05) is 6.08 Å². The van der Waals surface area contributed by atoms with Crippen LogP contribution < -0.4 is 0 Å². The number of hydrogen-bond donors (Lipinski definition) is 0. The highest BCUT2D eigenvalue weighted by Crippen LogP contribution is 2.63. The lowest BCUT2D eigenvalue weighted by Crippen LogP contribution is -2.46. The van der Waals surface area contributed by atoms with Gasteiger partial charge >= 0.3 is 0 Å². The average molecular weight is 300 g/mol. The fraction of sp³-hybridized carbons (Fsp3) is 0.800. The maximum Gasteiger partial charge on any atom is 0.155 e. The van der Waals surface area contributed by atoms with Gasteiger partial charge in [0.05, 0.1) is 0 Å². The van der Waals surface area contributed by atoms with Crippen LogP contribution in [0.3, 0.4) is 0 Å². The minimum absolute atomic E-state index is 0.346. The molecule has 4 rings (SSSR count). The van der Waals surface area contributed by atoms with Crippen LogP contribution in [-0.4, -0.2) is 11.6 Å². The van der Waals surface area contributed by atoms with Crippen LogP contribution in [0.25, 0.3) is 0 Å². The van der Waals surface area contributed by atoms with Gasteiger partial charge in [-0.25, -0.2) is 0 Å². The van der Waals surface area contributed by atoms with E-state index in [1.54, 1.807) is 6.92 Å². The van der Waals surface area contributed by atoms with Crippen molar-refractivity contribution in [2.45, 2.75) is 71.1 Å². The molecule has 0 amide bonds. The second-order valence-electron chi connectivity index (χ2n) is 8.48. The zero-order valence-corrected chi connectivity index (χ0v) is 13.8. The summed E-state index contributed by atoms with van der Waals surface area (Å²) < 4.78 is 0. The van der Waals surface area contributed by atoms with Gasteiger partial charge in [-0.3, -0.25) is 4.79 Å². The van der Waals surface area contributed by atoms with Crippen LogP contribution in [-0.2, 0) is 9.59 Å². The van der Waals surface area contributed by atoms with Crippen molar-refractivity contribution in [1.29, 1.82) is 0 Å². The second-order valence-corrected chi connectivity index (χ2v) is 8.48. The van der Waals surface area contributed by atoms with Crippen LogP contribution in [0.5, 0.6) is 0 Å². The topological polar surface area (TPSA) is 34.1 Å². The molecule has 3 fully saturated rings. The number of fused-ring (bicyclic) bond motifs is 5. The summed E-state index contributed by atoms with van der Waals surface area (Å²) in [5.41, 5.74) is 1.81. The molecule has 0 aromatic rings. The van der Waals surface area contributed by atoms with Gasteiger partial charge in [0.1, 0.15) is 5.78 Å². The van der Waals surface area contributed by atoms with Gasteiger partial charge in [-0.2, -0.15) is 0 Å². The smallest absolute Gasteiger partial charge is 0.155 e. The number of Topliss-reactive ketones (excluding diaryl/α,β-unsaturated/α-hetero) is 1. The van der Waals surface area contributed by atoms with E-state index in [9.17, 15) is 9.59 Å². The molecule has 0 heterocycles. The molecule has 22 heavy (non-hydrogen) atoms. The molecule has 0 unspecified atom stereocenters. The fourth-order valence-corrected chi connectivity index (χ4v) is 6.78. The predicted octanol–water partition coefficient (Wildman–Crippen LogP) is 4.48. The summed E-state index contributed by atoms with van der Waals surface area (Å²) in [5.74, 6) is 3.85. The number of ketones is 2. The first-order valence-electron chi connectivity index (χ1n) is 9.32. The first-order valence-corrected chi connectivity index (χ1v) is 9.32. The number of allylic oxidation sites excluding steroid dienone is 1. The Morgan fingerprint density at radius 2 is 2.00 bits per heavy atom. The lowest BCUT2D eigenvalue weighted by Gasteiger charge is -2.53. The standard InChI is InChI=1S/C20H28O2/c1-13(21)12-20-9-2-3-19(20)18-6-4-14-11-15(22)5-7-16(14)17(18)8-10-20/h11,16-19H,2-10,12H2,1H3/t16-,17+,18+,19-,20-/m0/s1. The van der Waals surface area contributed by atoms with Crippen molar-refractivity contribution in [3.05, 3.63) is 11.6 Å². The van der Waals surface area contributed by atoms with Crippen molar-refractivity contribution in [1.82, 2.24) is 0 Å². The molecule has 4 aliphatic rings. The summed E-state index contributed by atoms with van der Waals surface area (Å²) in [6.07, 6.45) is 13.6. The number of carbonyl (C=O) groups is 2. The molecule has 3 saturated carbocycles. The number of hydrogen-bond acceptors (Lipinski definition) is 2. The van der Waals surface area contributed by atoms with Crippen molar-refractivity contribution in [2.24, 2.45) is 29.1 Å². The summed E-state index contributed by atoms with van der Waals surface area (Å²) >= 11 is 0. The Morgan fingerprint density at radius 3 is 2.82 bits per heavy atom. The molecule has 4 aliphatic carbocycles. The van der Waals surface area contributed by atoms with Gasteiger partial charge < -0.3 is 4.79 Å². The highest BCUT2D eigenvalue weighted by molar-refractivity contribution is 5.91. The van der Waals surface area contributed by atoms with E-state index in [0.717, 1.165) is 43.4 Å². The van der Waals surface area contributed by atoms with E-state index in [0.29, 0.717) is 22.9 Å². The number of rotatable bonds is 2. The molecule has 0 spiro atoms. The molecule has 120 valence electrons. The van der Waals surface area contributed by atoms with Crippen molar-refractivity contribution in [3.63, 3.8) is 0 Å². The minimum atomic E-state index is 0.346. The van der Waals surface area contributed by atoms with Gasteiger partial charge in [-0.1, -0.05) is 12.0 Å². The number of carbonyl (C=O) groups excluding carboxylic acids is 2. The molecule has 0 radical (unpaired) electrons. The monoisotopic (exact) mass is 300 g/mol. The van der Waals surface area contributed by atoms with Crippen LogP contribution >= 0.6 is 0 Å². The molecule has 0 aromatic heterocycles. The molecule has 2 nitrogen and oxygen atoms in total. The van der Waals surface area contributed by atoms with Crippen LogP contribution in [0.15, 0.2) is 11.6 Å². The second kappa shape index (κ2) is 5.32. The zero-order chi connectivity index (χ0) is 15.3. The molecule has 0 N–H and O–H groups in total. The van der Waals surface area contributed by atoms with E-state index in [-0.39, 0.29) is 0 Å². The largest absolute Gasteiger partial charge is 0.300 e. The third-order valence-electron chi connectivity index (χ3n) is 7.43. The molecule has 0 aliphatic heterocycles. The van der Waals surface area contributed by atoms with Crippen LogP contribution in [0.4, 0.5) is 0 Å². The Hall–Kier alpha value is -0.920. The van der Waals surface area contributed by atoms with Gasteiger partial charge in [0.15, 0.2) is 5.78 Å². The van der Waals surface area contributed by atoms with E-state index in [4.69, 9.17) is 0 Å². The molecule has 0 saturated heterocycles. The van der Waals surface area contributed by atoms with Crippen molar-refractivity contribution < 1.29 is 9.59 Å². The highest BCUT2D eigenvalue weighted by atomic mass is 16.1. The molecule has 0 bridgehead atoms. The maximum absolute atomic E-state index is 11.8. The lowest BCUT2D eigenvalue weighted by molar-refractivity contribution is -0.123. The maximum atomic E-state index is 11.8. The van der Waals surface area contributed by atoms with Crippen LogP contribution in [0.2, 0.25) is 0 Å². The highest BCUT2D eigenvalue weighted by Gasteiger charge is 2.54. The SMILES string of the molecule is CC(=O)C[C@@]12CCC[C@H]1[C@@H]1CCC3=CC(=O)CC[C@@H]3[C@H]1CC2. The zero-order valence-electron chi connectivity index (χ0n) is 13.8. The third-order valence-corrected chi connectivity index (χ3v) is 7.43. The van der Waals surface area contributed by atoms with Gasteiger partial charge in [0.2, 0.25) is 0 Å². The van der Waals surface area contributed by atoms with Crippen LogP contribution in [0.1, 0.15) is 71.1 Å². The summed E-state index contributed by atoms with van der Waals surface area (Å²) in [4.78, 5) is 23.5. The predicted molar refractivity (Wildman–Crippen MR) is 86.3 cm³/mol. The third kappa shape index (κ3) is 2.21. The summed E-state index contributed by atoms with van der Waals surface area (Å²) in [6.45, 7) is 1.78. The van der Waals surface area contributed by atoms with Gasteiger partial charge in [-0.05, 0) is 87.0 Å². The summed E-state index contributed by atoms with van der Waals surface area (Å²) in [7, 11) is 0. The summed E-state index contributed by atoms with van der Waals surface area (Å²) in [6, 6.07) is 0. The summed E-state index contributed by atoms with van der Waals surface area (Å²) in [5, 5.41) is 0. The minimum Gasteiger partial charge on any atom is -0.300 e. The van der Waals surface area contributed by atoms with Crippen LogP contribution in [0, 0.1) is 29.1 Å². The molecule has 0 aromatic carbocycles. The van der Waals surface area contributed by atoms with Crippen molar-refractivity contribution in [3.8, 4) is 0 Å². The quantitative estimate of drug-likeness (QED) is 0.753. The van der Waals surface area contributed by atoms with Crippen molar-refractivity contribution >= 4 is 11.6 Å². The normalized spacial score (nSPS) is 43.9. The molecular weight excluding hydrogens is 272 g/mol. The van der Waals surface area contributed by atoms with Gasteiger partial charge in [0, 0.05) is 12.8 Å². The fourth-order valence-electron chi connectivity index (χ4n) is 6.78. The lowest BCUT2D eigenvalue weighted by atomic mass is 9.51. The van der Waals surface area contributed by atoms with Crippen molar-refractivity contribution in [2.75, 3.05) is 0 Å². The molecule has 2 heteroatoms. The Morgan fingerprint density at radius 1 is 1.14 bits per heavy atom. The Bertz CT molecular complexity index is 532. The van der Waals surface area contributed by atoms with Gasteiger partial charge in [-0.15, -0.1) is 0 Å². The Labute approximate surface area is 133 Å². The van der Waals surface area contributed by atoms with E-state index < -0.39 is 0 Å². The van der Waals surface area contributed by atoms with E-state index in [2.05, 4.69) is 0 Å². The van der Waals surface area contributed by atoms with E-state index >= 15 is 0 Å².